The SMILES string of the molecule is Cc1ccc(O)c(C(=O)NCCCC(N)=S)c1. The van der Waals surface area contributed by atoms with Crippen molar-refractivity contribution in [2.75, 3.05) is 6.54 Å². The molecule has 0 unspecified atom stereocenters. The minimum absolute atomic E-state index is 0.0116. The van der Waals surface area contributed by atoms with Gasteiger partial charge >= 0.3 is 0 Å². The molecule has 1 aromatic carbocycles. The number of amides is 1. The average Bonchev–Trinajstić information content (AvgIpc) is 2.27. The summed E-state index contributed by atoms with van der Waals surface area (Å²) < 4.78 is 0. The summed E-state index contributed by atoms with van der Waals surface area (Å²) in [5, 5.41) is 12.3. The quantitative estimate of drug-likeness (QED) is 0.548. The molecule has 0 spiro atoms. The number of phenols is 1. The fraction of sp³-hybridized carbons (Fsp3) is 0.333. The van der Waals surface area contributed by atoms with E-state index in [4.69, 9.17) is 18.0 Å². The van der Waals surface area contributed by atoms with E-state index in [2.05, 4.69) is 5.32 Å². The number of benzene rings is 1. The predicted octanol–water partition coefficient (Wildman–Crippen LogP) is 1.50. The van der Waals surface area contributed by atoms with Gasteiger partial charge in [0.25, 0.3) is 5.91 Å². The summed E-state index contributed by atoms with van der Waals surface area (Å²) in [7, 11) is 0. The maximum atomic E-state index is 11.7. The number of nitrogens with one attached hydrogen (secondary N) is 1. The molecule has 4 N–H and O–H groups in total. The molecule has 0 heterocycles. The maximum Gasteiger partial charge on any atom is 0.255 e. The molecule has 0 radical (unpaired) electrons. The van der Waals surface area contributed by atoms with E-state index in [0.29, 0.717) is 29.9 Å². The van der Waals surface area contributed by atoms with Gasteiger partial charge in [-0.3, -0.25) is 4.79 Å². The molecule has 92 valence electrons. The molecule has 17 heavy (non-hydrogen) atoms. The standard InChI is InChI=1S/C12H16N2O2S/c1-8-4-5-10(15)9(7-8)12(16)14-6-2-3-11(13)17/h4-5,7,15H,2-3,6H2,1H3,(H2,13,17)(H,14,16). The van der Waals surface area contributed by atoms with Crippen LogP contribution in [0.15, 0.2) is 18.2 Å². The smallest absolute Gasteiger partial charge is 0.255 e. The fourth-order valence-electron chi connectivity index (χ4n) is 1.39. The second-order valence-corrected chi connectivity index (χ2v) is 4.37. The van der Waals surface area contributed by atoms with Crippen LogP contribution in [0.2, 0.25) is 0 Å². The van der Waals surface area contributed by atoms with Crippen molar-refractivity contribution in [1.29, 1.82) is 0 Å². The van der Waals surface area contributed by atoms with Crippen molar-refractivity contribution in [3.63, 3.8) is 0 Å². The van der Waals surface area contributed by atoms with E-state index in [9.17, 15) is 9.90 Å². The highest BCUT2D eigenvalue weighted by Crippen LogP contribution is 2.17. The normalized spacial score (nSPS) is 9.94. The number of nitrogens with two attached hydrogens (primary N) is 1. The molecule has 1 rings (SSSR count). The highest BCUT2D eigenvalue weighted by molar-refractivity contribution is 7.80. The van der Waals surface area contributed by atoms with Crippen molar-refractivity contribution in [3.05, 3.63) is 29.3 Å². The van der Waals surface area contributed by atoms with E-state index >= 15 is 0 Å². The lowest BCUT2D eigenvalue weighted by atomic mass is 10.1. The summed E-state index contributed by atoms with van der Waals surface area (Å²) in [4.78, 5) is 12.2. The van der Waals surface area contributed by atoms with Crippen molar-refractivity contribution in [2.45, 2.75) is 19.8 Å². The zero-order valence-electron chi connectivity index (χ0n) is 9.69. The van der Waals surface area contributed by atoms with Crippen molar-refractivity contribution in [2.24, 2.45) is 5.73 Å². The van der Waals surface area contributed by atoms with Gasteiger partial charge in [0.05, 0.1) is 10.6 Å². The Morgan fingerprint density at radius 3 is 2.88 bits per heavy atom. The Labute approximate surface area is 106 Å². The Balaban J connectivity index is 2.52. The Kier molecular flexibility index (Phi) is 4.90. The number of carbonyl (C=O) groups is 1. The number of hydrogen-bond donors (Lipinski definition) is 3. The van der Waals surface area contributed by atoms with Gasteiger partial charge in [0.1, 0.15) is 5.75 Å². The number of aromatic hydroxyl groups is 1. The highest BCUT2D eigenvalue weighted by Gasteiger charge is 2.10. The number of phenolic OH excluding ortho intramolecular Hbond substituents is 1. The Morgan fingerprint density at radius 2 is 2.24 bits per heavy atom. The van der Waals surface area contributed by atoms with Crippen LogP contribution in [-0.4, -0.2) is 22.5 Å². The van der Waals surface area contributed by atoms with Gasteiger partial charge in [0.2, 0.25) is 0 Å². The van der Waals surface area contributed by atoms with Crippen LogP contribution in [0.5, 0.6) is 5.75 Å². The monoisotopic (exact) mass is 252 g/mol. The number of thiocarbonyl (C=S) groups is 1. The summed E-state index contributed by atoms with van der Waals surface area (Å²) in [6.07, 6.45) is 1.31. The molecule has 0 aromatic heterocycles. The number of rotatable bonds is 5. The molecule has 4 nitrogen and oxygen atoms in total. The Hall–Kier alpha value is -1.62. The summed E-state index contributed by atoms with van der Waals surface area (Å²) in [5.41, 5.74) is 6.56. The Morgan fingerprint density at radius 1 is 1.53 bits per heavy atom. The van der Waals surface area contributed by atoms with Crippen LogP contribution < -0.4 is 11.1 Å². The lowest BCUT2D eigenvalue weighted by molar-refractivity contribution is 0.0950. The molecular formula is C12H16N2O2S. The van der Waals surface area contributed by atoms with E-state index in [1.807, 2.05) is 6.92 Å². The third-order valence-corrected chi connectivity index (χ3v) is 2.49. The van der Waals surface area contributed by atoms with Crippen LogP contribution in [0, 0.1) is 6.92 Å². The molecule has 0 aliphatic rings. The van der Waals surface area contributed by atoms with E-state index < -0.39 is 0 Å². The first kappa shape index (κ1) is 13.4. The second kappa shape index (κ2) is 6.20. The first-order valence-electron chi connectivity index (χ1n) is 5.37. The average molecular weight is 252 g/mol. The van der Waals surface area contributed by atoms with Gasteiger partial charge in [-0.25, -0.2) is 0 Å². The fourth-order valence-corrected chi connectivity index (χ4v) is 1.54. The zero-order valence-corrected chi connectivity index (χ0v) is 10.5. The predicted molar refractivity (Wildman–Crippen MR) is 71.2 cm³/mol. The minimum atomic E-state index is -0.283. The third-order valence-electron chi connectivity index (χ3n) is 2.28. The van der Waals surface area contributed by atoms with Crippen molar-refractivity contribution >= 4 is 23.1 Å². The first-order chi connectivity index (χ1) is 8.00. The van der Waals surface area contributed by atoms with Gasteiger partial charge in [-0.15, -0.1) is 0 Å². The van der Waals surface area contributed by atoms with E-state index in [0.717, 1.165) is 5.56 Å². The topological polar surface area (TPSA) is 75.3 Å². The zero-order chi connectivity index (χ0) is 12.8. The second-order valence-electron chi connectivity index (χ2n) is 3.85. The van der Waals surface area contributed by atoms with Gasteiger partial charge in [-0.1, -0.05) is 23.8 Å². The number of carbonyl (C=O) groups excluding carboxylic acids is 1. The van der Waals surface area contributed by atoms with E-state index in [1.54, 1.807) is 12.1 Å². The number of aryl methyl sites for hydroxylation is 1. The minimum Gasteiger partial charge on any atom is -0.507 e. The summed E-state index contributed by atoms with van der Waals surface area (Å²) >= 11 is 4.73. The van der Waals surface area contributed by atoms with Gasteiger partial charge in [0.15, 0.2) is 0 Å². The molecular weight excluding hydrogens is 236 g/mol. The van der Waals surface area contributed by atoms with Gasteiger partial charge in [-0.05, 0) is 31.9 Å². The van der Waals surface area contributed by atoms with E-state index in [-0.39, 0.29) is 11.7 Å². The summed E-state index contributed by atoms with van der Waals surface area (Å²) in [5.74, 6) is -0.295. The van der Waals surface area contributed by atoms with Crippen LogP contribution in [-0.2, 0) is 0 Å². The van der Waals surface area contributed by atoms with E-state index in [1.165, 1.54) is 6.07 Å². The largest absolute Gasteiger partial charge is 0.507 e. The molecule has 0 bridgehead atoms. The van der Waals surface area contributed by atoms with Crippen LogP contribution in [0.25, 0.3) is 0 Å². The van der Waals surface area contributed by atoms with Crippen LogP contribution in [0.3, 0.4) is 0 Å². The lowest BCUT2D eigenvalue weighted by Gasteiger charge is -2.07. The molecule has 0 saturated heterocycles. The summed E-state index contributed by atoms with van der Waals surface area (Å²) in [6, 6.07) is 4.91. The van der Waals surface area contributed by atoms with Crippen LogP contribution >= 0.6 is 12.2 Å². The van der Waals surface area contributed by atoms with Gasteiger partial charge in [0, 0.05) is 6.54 Å². The molecule has 0 aliphatic heterocycles. The molecule has 0 fully saturated rings. The molecule has 1 aromatic rings. The van der Waals surface area contributed by atoms with Gasteiger partial charge in [-0.2, -0.15) is 0 Å². The van der Waals surface area contributed by atoms with Crippen molar-refractivity contribution in [3.8, 4) is 5.75 Å². The van der Waals surface area contributed by atoms with Gasteiger partial charge < -0.3 is 16.2 Å². The summed E-state index contributed by atoms with van der Waals surface area (Å²) in [6.45, 7) is 2.35. The molecule has 0 atom stereocenters. The van der Waals surface area contributed by atoms with Crippen molar-refractivity contribution < 1.29 is 9.90 Å². The van der Waals surface area contributed by atoms with Crippen molar-refractivity contribution in [1.82, 2.24) is 5.32 Å². The molecule has 0 saturated carbocycles. The third kappa shape index (κ3) is 4.40. The number of hydrogen-bond acceptors (Lipinski definition) is 3. The maximum absolute atomic E-state index is 11.7. The van der Waals surface area contributed by atoms with Crippen LogP contribution in [0.1, 0.15) is 28.8 Å². The Bertz CT molecular complexity index is 433. The van der Waals surface area contributed by atoms with Crippen LogP contribution in [0.4, 0.5) is 0 Å². The first-order valence-corrected chi connectivity index (χ1v) is 5.77. The molecule has 5 heteroatoms. The highest BCUT2D eigenvalue weighted by atomic mass is 32.1. The molecule has 0 aliphatic carbocycles. The molecule has 1 amide bonds. The lowest BCUT2D eigenvalue weighted by Crippen LogP contribution is -2.25.